The van der Waals surface area contributed by atoms with Gasteiger partial charge in [0.05, 0.1) is 6.61 Å². The summed E-state index contributed by atoms with van der Waals surface area (Å²) >= 11 is 0. The topological polar surface area (TPSA) is 97.5 Å². The maximum atomic E-state index is 13.3. The standard InChI is InChI=1S/C18H16FNO2.C18H17NO3/c1-12(21)13-7-9-14(10-8-13)17-16(11-19)20-18(22-17)15-5-3-2-4-6-15;1-12(21)13-7-9-14(10-8-13)17-16(11-20)19-18(22-17)15-5-3-2-4-6-15/h2-10,16-17H,11H2,1H3;2-10,16-17,20H,11H2,1H3/t2*16-,17-/m11/s1. The lowest BCUT2D eigenvalue weighted by Gasteiger charge is -2.16. The number of halogens is 1. The molecule has 2 aliphatic rings. The Morgan fingerprint density at radius 3 is 1.39 bits per heavy atom. The van der Waals surface area contributed by atoms with Crippen molar-refractivity contribution in [2.45, 2.75) is 38.1 Å². The SMILES string of the molecule is CC(=O)c1ccc([C@H]2OC(c3ccccc3)=N[C@@H]2CF)cc1.CC(=O)c1ccc([C@H]2OC(c3ccccc3)=N[C@@H]2CO)cc1. The highest BCUT2D eigenvalue weighted by atomic mass is 19.1. The lowest BCUT2D eigenvalue weighted by molar-refractivity contribution is 0.100. The van der Waals surface area contributed by atoms with Gasteiger partial charge in [0.1, 0.15) is 18.8 Å². The Kier molecular flexibility index (Phi) is 9.72. The second-order valence-corrected chi connectivity index (χ2v) is 10.5. The number of Topliss-reactive ketones (excluding diaryl/α,β-unsaturated/α-hetero) is 2. The van der Waals surface area contributed by atoms with Crippen molar-refractivity contribution in [1.29, 1.82) is 0 Å². The molecule has 1 N–H and O–H groups in total. The Labute approximate surface area is 255 Å². The molecule has 6 rings (SSSR count). The van der Waals surface area contributed by atoms with Crippen molar-refractivity contribution in [2.24, 2.45) is 9.98 Å². The molecule has 2 heterocycles. The number of carbonyl (C=O) groups excluding carboxylic acids is 2. The number of ether oxygens (including phenoxy) is 2. The number of alkyl halides is 1. The fourth-order valence-electron chi connectivity index (χ4n) is 4.99. The Hall–Kier alpha value is -4.95. The minimum Gasteiger partial charge on any atom is -0.467 e. The molecule has 44 heavy (non-hydrogen) atoms. The number of carbonyl (C=O) groups is 2. The van der Waals surface area contributed by atoms with E-state index in [-0.39, 0.29) is 30.3 Å². The third kappa shape index (κ3) is 6.98. The van der Waals surface area contributed by atoms with Crippen LogP contribution in [0.4, 0.5) is 4.39 Å². The minimum atomic E-state index is -0.588. The molecule has 8 heteroatoms. The van der Waals surface area contributed by atoms with Gasteiger partial charge >= 0.3 is 0 Å². The summed E-state index contributed by atoms with van der Waals surface area (Å²) in [7, 11) is 0. The predicted octanol–water partition coefficient (Wildman–Crippen LogP) is 6.51. The molecule has 0 unspecified atom stereocenters. The van der Waals surface area contributed by atoms with Gasteiger partial charge in [-0.2, -0.15) is 0 Å². The highest BCUT2D eigenvalue weighted by Gasteiger charge is 2.33. The van der Waals surface area contributed by atoms with Gasteiger partial charge in [-0.1, -0.05) is 84.9 Å². The molecule has 0 amide bonds. The summed E-state index contributed by atoms with van der Waals surface area (Å²) in [5.41, 5.74) is 4.74. The average Bonchev–Trinajstić information content (AvgIpc) is 3.71. The third-order valence-corrected chi connectivity index (χ3v) is 7.42. The molecule has 0 aliphatic carbocycles. The second kappa shape index (κ2) is 14.0. The number of hydrogen-bond acceptors (Lipinski definition) is 7. The van der Waals surface area contributed by atoms with Gasteiger partial charge in [-0.3, -0.25) is 9.59 Å². The van der Waals surface area contributed by atoms with Gasteiger partial charge in [0.15, 0.2) is 23.8 Å². The first-order valence-electron chi connectivity index (χ1n) is 14.4. The number of aliphatic imine (C=N–C) groups is 2. The minimum absolute atomic E-state index is 0.00200. The Morgan fingerprint density at radius 1 is 0.636 bits per heavy atom. The molecule has 0 bridgehead atoms. The number of hydrogen-bond donors (Lipinski definition) is 1. The molecule has 224 valence electrons. The number of benzene rings is 4. The molecular formula is C36H33FN2O5. The van der Waals surface area contributed by atoms with Gasteiger partial charge in [-0.15, -0.1) is 0 Å². The van der Waals surface area contributed by atoms with Gasteiger partial charge in [0.2, 0.25) is 11.8 Å². The van der Waals surface area contributed by atoms with Crippen molar-refractivity contribution in [3.05, 3.63) is 143 Å². The second-order valence-electron chi connectivity index (χ2n) is 10.5. The molecule has 0 fully saturated rings. The fraction of sp³-hybridized carbons (Fsp3) is 0.222. The van der Waals surface area contributed by atoms with E-state index in [0.29, 0.717) is 22.9 Å². The van der Waals surface area contributed by atoms with Crippen LogP contribution in [0.3, 0.4) is 0 Å². The van der Waals surface area contributed by atoms with Crippen LogP contribution in [0, 0.1) is 0 Å². The first kappa shape index (κ1) is 30.5. The average molecular weight is 593 g/mol. The van der Waals surface area contributed by atoms with E-state index in [4.69, 9.17) is 9.47 Å². The van der Waals surface area contributed by atoms with Crippen molar-refractivity contribution in [3.63, 3.8) is 0 Å². The van der Waals surface area contributed by atoms with Crippen LogP contribution in [0.5, 0.6) is 0 Å². The molecule has 0 saturated carbocycles. The summed E-state index contributed by atoms with van der Waals surface area (Å²) in [6.07, 6.45) is -0.789. The zero-order valence-corrected chi connectivity index (χ0v) is 24.5. The number of rotatable bonds is 8. The van der Waals surface area contributed by atoms with Crippen LogP contribution in [0.25, 0.3) is 0 Å². The van der Waals surface area contributed by atoms with Crippen LogP contribution in [0.1, 0.15) is 69.0 Å². The van der Waals surface area contributed by atoms with Crippen LogP contribution in [0.15, 0.2) is 119 Å². The molecule has 4 aromatic rings. The molecule has 0 aromatic heterocycles. The van der Waals surface area contributed by atoms with Gasteiger partial charge < -0.3 is 14.6 Å². The monoisotopic (exact) mass is 592 g/mol. The lowest BCUT2D eigenvalue weighted by atomic mass is 10.0. The van der Waals surface area contributed by atoms with Crippen molar-refractivity contribution >= 4 is 23.4 Å². The van der Waals surface area contributed by atoms with Crippen LogP contribution < -0.4 is 0 Å². The van der Waals surface area contributed by atoms with Crippen molar-refractivity contribution in [2.75, 3.05) is 13.3 Å². The van der Waals surface area contributed by atoms with E-state index in [9.17, 15) is 19.1 Å². The Morgan fingerprint density at radius 2 is 1.02 bits per heavy atom. The van der Waals surface area contributed by atoms with Crippen molar-refractivity contribution in [1.82, 2.24) is 0 Å². The molecule has 7 nitrogen and oxygen atoms in total. The molecular weight excluding hydrogens is 559 g/mol. The van der Waals surface area contributed by atoms with Gasteiger partial charge in [0, 0.05) is 22.3 Å². The van der Waals surface area contributed by atoms with Crippen molar-refractivity contribution < 1.29 is 28.6 Å². The zero-order chi connectivity index (χ0) is 31.1. The van der Waals surface area contributed by atoms with E-state index in [1.165, 1.54) is 13.8 Å². The predicted molar refractivity (Wildman–Crippen MR) is 167 cm³/mol. The van der Waals surface area contributed by atoms with Crippen LogP contribution in [0.2, 0.25) is 0 Å². The Balaban J connectivity index is 0.000000175. The number of aliphatic hydroxyl groups excluding tert-OH is 1. The van der Waals surface area contributed by atoms with E-state index in [2.05, 4.69) is 9.98 Å². The highest BCUT2D eigenvalue weighted by molar-refractivity contribution is 5.96. The van der Waals surface area contributed by atoms with E-state index < -0.39 is 18.8 Å². The number of nitrogens with zero attached hydrogens (tertiary/aromatic N) is 2. The smallest absolute Gasteiger partial charge is 0.217 e. The van der Waals surface area contributed by atoms with Gasteiger partial charge in [-0.05, 0) is 49.2 Å². The van der Waals surface area contributed by atoms with E-state index in [1.54, 1.807) is 36.4 Å². The van der Waals surface area contributed by atoms with Crippen LogP contribution >= 0.6 is 0 Å². The number of aliphatic hydroxyl groups is 1. The van der Waals surface area contributed by atoms with Crippen molar-refractivity contribution in [3.8, 4) is 0 Å². The summed E-state index contributed by atoms with van der Waals surface area (Å²) in [6.45, 7) is 2.38. The summed E-state index contributed by atoms with van der Waals surface area (Å²) in [6, 6.07) is 32.5. The number of ketones is 2. The van der Waals surface area contributed by atoms with Crippen LogP contribution in [-0.2, 0) is 9.47 Å². The molecule has 0 spiro atoms. The largest absolute Gasteiger partial charge is 0.467 e. The molecule has 0 radical (unpaired) electrons. The molecule has 4 atom stereocenters. The summed E-state index contributed by atoms with van der Waals surface area (Å²) in [5, 5.41) is 9.56. The summed E-state index contributed by atoms with van der Waals surface area (Å²) in [5.74, 6) is 1.03. The maximum Gasteiger partial charge on any atom is 0.217 e. The summed E-state index contributed by atoms with van der Waals surface area (Å²) < 4.78 is 25.1. The summed E-state index contributed by atoms with van der Waals surface area (Å²) in [4.78, 5) is 31.5. The van der Waals surface area contributed by atoms with Gasteiger partial charge in [0.25, 0.3) is 0 Å². The normalized spacial score (nSPS) is 20.4. The molecule has 4 aromatic carbocycles. The maximum absolute atomic E-state index is 13.3. The molecule has 0 saturated heterocycles. The first-order valence-corrected chi connectivity index (χ1v) is 14.4. The zero-order valence-electron chi connectivity index (χ0n) is 24.5. The molecule has 2 aliphatic heterocycles. The highest BCUT2D eigenvalue weighted by Crippen LogP contribution is 2.32. The Bertz CT molecular complexity index is 1510. The van der Waals surface area contributed by atoms with E-state index in [0.717, 1.165) is 22.3 Å². The first-order chi connectivity index (χ1) is 21.4. The lowest BCUT2D eigenvalue weighted by Crippen LogP contribution is -2.18. The quantitative estimate of drug-likeness (QED) is 0.235. The van der Waals surface area contributed by atoms with Crippen LogP contribution in [-0.4, -0.2) is 53.8 Å². The fourth-order valence-corrected chi connectivity index (χ4v) is 4.99. The third-order valence-electron chi connectivity index (χ3n) is 7.42. The van der Waals surface area contributed by atoms with E-state index >= 15 is 0 Å². The van der Waals surface area contributed by atoms with E-state index in [1.807, 2.05) is 72.8 Å². The van der Waals surface area contributed by atoms with Gasteiger partial charge in [-0.25, -0.2) is 14.4 Å².